The molecule has 0 saturated carbocycles. The standard InChI is InChI=1S/C22H32N2O2/c1-3-15(2)24-13-19-17-6-4-5-7-18(17)22(20(19)14-24)23-21(25)12-16-8-10-26-11-9-16/h4-7,15-16,19-20,22H,3,8-14H2,1-2H3,(H,23,25)/t15-,19-,20-,22+/m0/s1. The first-order chi connectivity index (χ1) is 12.7. The summed E-state index contributed by atoms with van der Waals surface area (Å²) in [6.45, 7) is 8.42. The van der Waals surface area contributed by atoms with Gasteiger partial charge in [-0.15, -0.1) is 0 Å². The van der Waals surface area contributed by atoms with Crippen LogP contribution in [0.5, 0.6) is 0 Å². The fourth-order valence-electron chi connectivity index (χ4n) is 5.14. The molecule has 2 aliphatic heterocycles. The summed E-state index contributed by atoms with van der Waals surface area (Å²) in [6, 6.07) is 9.56. The second-order valence-electron chi connectivity index (χ2n) is 8.42. The third-order valence-corrected chi connectivity index (χ3v) is 6.90. The fourth-order valence-corrected chi connectivity index (χ4v) is 5.14. The van der Waals surface area contributed by atoms with Crippen LogP contribution >= 0.6 is 0 Å². The molecule has 4 atom stereocenters. The molecular weight excluding hydrogens is 324 g/mol. The third kappa shape index (κ3) is 3.41. The topological polar surface area (TPSA) is 41.6 Å². The average Bonchev–Trinajstić information content (AvgIpc) is 3.21. The van der Waals surface area contributed by atoms with Crippen LogP contribution in [0.4, 0.5) is 0 Å². The molecule has 2 saturated heterocycles. The van der Waals surface area contributed by atoms with Crippen LogP contribution in [0.2, 0.25) is 0 Å². The van der Waals surface area contributed by atoms with Crippen LogP contribution in [0.15, 0.2) is 24.3 Å². The molecule has 1 aromatic carbocycles. The molecule has 1 N–H and O–H groups in total. The summed E-state index contributed by atoms with van der Waals surface area (Å²) < 4.78 is 5.43. The van der Waals surface area contributed by atoms with Crippen molar-refractivity contribution in [3.8, 4) is 0 Å². The molecule has 1 aliphatic carbocycles. The Balaban J connectivity index is 1.48. The lowest BCUT2D eigenvalue weighted by Crippen LogP contribution is -2.36. The number of rotatable bonds is 5. The van der Waals surface area contributed by atoms with E-state index in [1.807, 2.05) is 0 Å². The van der Waals surface area contributed by atoms with Crippen molar-refractivity contribution >= 4 is 5.91 Å². The minimum atomic E-state index is 0.178. The van der Waals surface area contributed by atoms with Gasteiger partial charge in [-0.1, -0.05) is 31.2 Å². The van der Waals surface area contributed by atoms with E-state index in [9.17, 15) is 4.79 Å². The van der Waals surface area contributed by atoms with Crippen molar-refractivity contribution in [3.63, 3.8) is 0 Å². The van der Waals surface area contributed by atoms with Gasteiger partial charge >= 0.3 is 0 Å². The average molecular weight is 357 g/mol. The summed E-state index contributed by atoms with van der Waals surface area (Å²) in [4.78, 5) is 15.4. The highest BCUT2D eigenvalue weighted by Gasteiger charge is 2.47. The molecule has 0 bridgehead atoms. The van der Waals surface area contributed by atoms with E-state index in [1.165, 1.54) is 17.5 Å². The highest BCUT2D eigenvalue weighted by Crippen LogP contribution is 2.49. The predicted octanol–water partition coefficient (Wildman–Crippen LogP) is 3.49. The van der Waals surface area contributed by atoms with Crippen molar-refractivity contribution < 1.29 is 9.53 Å². The van der Waals surface area contributed by atoms with Crippen LogP contribution in [0.25, 0.3) is 0 Å². The van der Waals surface area contributed by atoms with Gasteiger partial charge in [0.1, 0.15) is 0 Å². The summed E-state index contributed by atoms with van der Waals surface area (Å²) in [5, 5.41) is 3.42. The zero-order valence-electron chi connectivity index (χ0n) is 16.1. The minimum absolute atomic E-state index is 0.178. The summed E-state index contributed by atoms with van der Waals surface area (Å²) in [5.41, 5.74) is 2.81. The number of carbonyl (C=O) groups excluding carboxylic acids is 1. The highest BCUT2D eigenvalue weighted by atomic mass is 16.5. The van der Waals surface area contributed by atoms with Crippen molar-refractivity contribution in [2.45, 2.75) is 57.5 Å². The molecule has 0 unspecified atom stereocenters. The van der Waals surface area contributed by atoms with Crippen molar-refractivity contribution in [2.75, 3.05) is 26.3 Å². The molecule has 2 heterocycles. The third-order valence-electron chi connectivity index (χ3n) is 6.90. The van der Waals surface area contributed by atoms with E-state index in [0.717, 1.165) is 39.1 Å². The first-order valence-electron chi connectivity index (χ1n) is 10.4. The summed E-state index contributed by atoms with van der Waals surface area (Å²) in [6.07, 6.45) is 3.86. The molecule has 4 rings (SSSR count). The number of benzene rings is 1. The van der Waals surface area contributed by atoms with Crippen molar-refractivity contribution in [3.05, 3.63) is 35.4 Å². The number of nitrogens with zero attached hydrogens (tertiary/aromatic N) is 1. The second-order valence-corrected chi connectivity index (χ2v) is 8.42. The maximum atomic E-state index is 12.8. The monoisotopic (exact) mass is 356 g/mol. The summed E-state index contributed by atoms with van der Waals surface area (Å²) in [7, 11) is 0. The van der Waals surface area contributed by atoms with Gasteiger partial charge in [0.15, 0.2) is 0 Å². The number of hydrogen-bond donors (Lipinski definition) is 1. The van der Waals surface area contributed by atoms with Crippen molar-refractivity contribution in [1.82, 2.24) is 10.2 Å². The largest absolute Gasteiger partial charge is 0.381 e. The molecule has 0 spiro atoms. The van der Waals surface area contributed by atoms with Gasteiger partial charge in [-0.3, -0.25) is 9.69 Å². The molecule has 26 heavy (non-hydrogen) atoms. The quantitative estimate of drug-likeness (QED) is 0.878. The SMILES string of the molecule is CC[C@H](C)N1C[C@@H]2[C@H](NC(=O)CC3CCOCC3)c3ccccc3[C@@H]2C1. The Morgan fingerprint density at radius 1 is 1.23 bits per heavy atom. The van der Waals surface area contributed by atoms with Gasteiger partial charge in [-0.05, 0) is 43.2 Å². The zero-order valence-corrected chi connectivity index (χ0v) is 16.1. The first kappa shape index (κ1) is 18.0. The van der Waals surface area contributed by atoms with Crippen LogP contribution < -0.4 is 5.32 Å². The van der Waals surface area contributed by atoms with Crippen LogP contribution in [0.1, 0.15) is 62.6 Å². The maximum absolute atomic E-state index is 12.8. The molecule has 1 amide bonds. The summed E-state index contributed by atoms with van der Waals surface area (Å²) in [5.74, 6) is 1.78. The normalized spacial score (nSPS) is 30.0. The number of ether oxygens (including phenoxy) is 1. The van der Waals surface area contributed by atoms with E-state index >= 15 is 0 Å². The van der Waals surface area contributed by atoms with E-state index < -0.39 is 0 Å². The lowest BCUT2D eigenvalue weighted by atomic mass is 9.93. The molecule has 0 aromatic heterocycles. The number of nitrogens with one attached hydrogen (secondary N) is 1. The van der Waals surface area contributed by atoms with Crippen LogP contribution in [-0.4, -0.2) is 43.2 Å². The van der Waals surface area contributed by atoms with Crippen LogP contribution in [0.3, 0.4) is 0 Å². The maximum Gasteiger partial charge on any atom is 0.220 e. The molecule has 0 radical (unpaired) electrons. The highest BCUT2D eigenvalue weighted by molar-refractivity contribution is 5.77. The predicted molar refractivity (Wildman–Crippen MR) is 103 cm³/mol. The molecule has 142 valence electrons. The fraction of sp³-hybridized carbons (Fsp3) is 0.682. The molecular formula is C22H32N2O2. The van der Waals surface area contributed by atoms with Gasteiger partial charge in [0, 0.05) is 50.6 Å². The zero-order chi connectivity index (χ0) is 18.1. The summed E-state index contributed by atoms with van der Waals surface area (Å²) >= 11 is 0. The van der Waals surface area contributed by atoms with E-state index in [-0.39, 0.29) is 11.9 Å². The van der Waals surface area contributed by atoms with Gasteiger partial charge in [0.25, 0.3) is 0 Å². The number of carbonyl (C=O) groups is 1. The van der Waals surface area contributed by atoms with E-state index in [4.69, 9.17) is 4.74 Å². The van der Waals surface area contributed by atoms with E-state index in [2.05, 4.69) is 48.3 Å². The second kappa shape index (κ2) is 7.69. The van der Waals surface area contributed by atoms with Crippen molar-refractivity contribution in [2.24, 2.45) is 11.8 Å². The van der Waals surface area contributed by atoms with Crippen LogP contribution in [0, 0.1) is 11.8 Å². The molecule has 4 nitrogen and oxygen atoms in total. The molecule has 4 heteroatoms. The Hall–Kier alpha value is -1.39. The Labute approximate surface area is 157 Å². The van der Waals surface area contributed by atoms with Crippen molar-refractivity contribution in [1.29, 1.82) is 0 Å². The Bertz CT molecular complexity index is 641. The number of likely N-dealkylation sites (tertiary alicyclic amines) is 1. The van der Waals surface area contributed by atoms with Gasteiger partial charge < -0.3 is 10.1 Å². The Morgan fingerprint density at radius 3 is 2.69 bits per heavy atom. The Kier molecular flexibility index (Phi) is 5.32. The van der Waals surface area contributed by atoms with Gasteiger partial charge in [0.05, 0.1) is 6.04 Å². The molecule has 1 aromatic rings. The van der Waals surface area contributed by atoms with Gasteiger partial charge in [0.2, 0.25) is 5.91 Å². The van der Waals surface area contributed by atoms with Gasteiger partial charge in [-0.2, -0.15) is 0 Å². The Morgan fingerprint density at radius 2 is 1.96 bits per heavy atom. The molecule has 3 aliphatic rings. The number of amides is 1. The number of fused-ring (bicyclic) bond motifs is 3. The van der Waals surface area contributed by atoms with Gasteiger partial charge in [-0.25, -0.2) is 0 Å². The lowest BCUT2D eigenvalue weighted by Gasteiger charge is -2.27. The lowest BCUT2D eigenvalue weighted by molar-refractivity contribution is -0.123. The first-order valence-corrected chi connectivity index (χ1v) is 10.4. The van der Waals surface area contributed by atoms with Crippen LogP contribution in [-0.2, 0) is 9.53 Å². The minimum Gasteiger partial charge on any atom is -0.381 e. The number of hydrogen-bond acceptors (Lipinski definition) is 3. The molecule has 2 fully saturated rings. The van der Waals surface area contributed by atoms with E-state index in [1.54, 1.807) is 0 Å². The smallest absolute Gasteiger partial charge is 0.220 e. The van der Waals surface area contributed by atoms with E-state index in [0.29, 0.717) is 30.2 Å².